The molecule has 4 atom stereocenters. The summed E-state index contributed by atoms with van der Waals surface area (Å²) in [5, 5.41) is 0. The Labute approximate surface area is 123 Å². The van der Waals surface area contributed by atoms with Crippen molar-refractivity contribution in [3.8, 4) is 0 Å². The lowest BCUT2D eigenvalue weighted by molar-refractivity contribution is -0.165. The normalized spacial score (nSPS) is 33.2. The predicted molar refractivity (Wildman–Crippen MR) is 71.6 cm³/mol. The van der Waals surface area contributed by atoms with Crippen LogP contribution in [0, 0.1) is 11.8 Å². The summed E-state index contributed by atoms with van der Waals surface area (Å²) in [5.74, 6) is -1.84. The van der Waals surface area contributed by atoms with E-state index in [0.717, 1.165) is 0 Å². The van der Waals surface area contributed by atoms with Crippen LogP contribution < -0.4 is 0 Å². The summed E-state index contributed by atoms with van der Waals surface area (Å²) in [7, 11) is -3.55. The van der Waals surface area contributed by atoms with E-state index in [4.69, 9.17) is 13.7 Å². The second-order valence-corrected chi connectivity index (χ2v) is 7.21. The Bertz CT molecular complexity index is 565. The van der Waals surface area contributed by atoms with E-state index in [1.54, 1.807) is 0 Å². The SMILES string of the molecule is C=C(C)C(=O)OCC(=O)OC1C2CC(C)C1OS(=O)(=O)C2. The van der Waals surface area contributed by atoms with E-state index in [1.807, 2.05) is 6.92 Å². The molecule has 1 heterocycles. The zero-order valence-corrected chi connectivity index (χ0v) is 12.7. The van der Waals surface area contributed by atoms with Gasteiger partial charge in [0.1, 0.15) is 12.2 Å². The average Bonchev–Trinajstić information content (AvgIpc) is 2.55. The standard InChI is InChI=1S/C13H18O7S/c1-7(2)13(15)18-5-10(14)19-12-9-4-8(3)11(12)20-21(16,17)6-9/h8-9,11-12H,1,4-6H2,2-3H3. The van der Waals surface area contributed by atoms with Crippen LogP contribution in [0.15, 0.2) is 12.2 Å². The van der Waals surface area contributed by atoms with Gasteiger partial charge in [0.15, 0.2) is 6.61 Å². The summed E-state index contributed by atoms with van der Waals surface area (Å²) in [6, 6.07) is 0. The molecule has 0 spiro atoms. The minimum absolute atomic E-state index is 0.0111. The molecule has 2 aliphatic rings. The molecule has 4 unspecified atom stereocenters. The van der Waals surface area contributed by atoms with E-state index in [1.165, 1.54) is 6.92 Å². The monoisotopic (exact) mass is 318 g/mol. The van der Waals surface area contributed by atoms with Crippen molar-refractivity contribution in [3.05, 3.63) is 12.2 Å². The molecule has 1 aliphatic carbocycles. The van der Waals surface area contributed by atoms with Crippen molar-refractivity contribution in [2.24, 2.45) is 11.8 Å². The molecular formula is C13H18O7S. The Morgan fingerprint density at radius 1 is 1.38 bits per heavy atom. The molecule has 2 rings (SSSR count). The summed E-state index contributed by atoms with van der Waals surface area (Å²) in [5.41, 5.74) is 0.184. The van der Waals surface area contributed by atoms with Gasteiger partial charge in [0.25, 0.3) is 10.1 Å². The highest BCUT2D eigenvalue weighted by atomic mass is 32.2. The van der Waals surface area contributed by atoms with Crippen LogP contribution in [-0.4, -0.2) is 44.9 Å². The lowest BCUT2D eigenvalue weighted by Gasteiger charge is -2.29. The first-order valence-electron chi connectivity index (χ1n) is 6.62. The Kier molecular flexibility index (Phi) is 4.38. The zero-order chi connectivity index (χ0) is 15.8. The van der Waals surface area contributed by atoms with Gasteiger partial charge >= 0.3 is 11.9 Å². The highest BCUT2D eigenvalue weighted by Crippen LogP contribution is 2.41. The van der Waals surface area contributed by atoms with E-state index < -0.39 is 40.9 Å². The van der Waals surface area contributed by atoms with Crippen LogP contribution in [0.5, 0.6) is 0 Å². The first kappa shape index (κ1) is 16.0. The van der Waals surface area contributed by atoms with Gasteiger partial charge in [-0.2, -0.15) is 8.42 Å². The molecule has 0 amide bonds. The molecule has 1 aliphatic heterocycles. The van der Waals surface area contributed by atoms with Crippen LogP contribution in [0.25, 0.3) is 0 Å². The van der Waals surface area contributed by atoms with Crippen LogP contribution in [0.4, 0.5) is 0 Å². The van der Waals surface area contributed by atoms with Crippen LogP contribution in [0.1, 0.15) is 20.3 Å². The second-order valence-electron chi connectivity index (χ2n) is 5.57. The molecular weight excluding hydrogens is 300 g/mol. The minimum atomic E-state index is -3.55. The van der Waals surface area contributed by atoms with Crippen molar-refractivity contribution in [3.63, 3.8) is 0 Å². The van der Waals surface area contributed by atoms with Crippen molar-refractivity contribution in [2.75, 3.05) is 12.4 Å². The van der Waals surface area contributed by atoms with Crippen LogP contribution in [-0.2, 0) is 33.4 Å². The van der Waals surface area contributed by atoms with Crippen LogP contribution in [0.2, 0.25) is 0 Å². The van der Waals surface area contributed by atoms with Crippen molar-refractivity contribution in [1.82, 2.24) is 0 Å². The molecule has 7 nitrogen and oxygen atoms in total. The smallest absolute Gasteiger partial charge is 0.344 e. The van der Waals surface area contributed by atoms with Gasteiger partial charge in [0.05, 0.1) is 5.75 Å². The van der Waals surface area contributed by atoms with E-state index in [2.05, 4.69) is 6.58 Å². The molecule has 1 saturated heterocycles. The average molecular weight is 318 g/mol. The maximum absolute atomic E-state index is 11.7. The van der Waals surface area contributed by atoms with Gasteiger partial charge in [-0.05, 0) is 19.3 Å². The molecule has 8 heteroatoms. The number of fused-ring (bicyclic) bond motifs is 2. The van der Waals surface area contributed by atoms with Gasteiger partial charge in [-0.3, -0.25) is 4.18 Å². The predicted octanol–water partition coefficient (Wildman–Crippen LogP) is 0.402. The highest BCUT2D eigenvalue weighted by molar-refractivity contribution is 7.86. The fourth-order valence-corrected chi connectivity index (χ4v) is 4.28. The Morgan fingerprint density at radius 3 is 2.62 bits per heavy atom. The van der Waals surface area contributed by atoms with E-state index in [9.17, 15) is 18.0 Å². The van der Waals surface area contributed by atoms with E-state index >= 15 is 0 Å². The van der Waals surface area contributed by atoms with Crippen LogP contribution in [0.3, 0.4) is 0 Å². The van der Waals surface area contributed by atoms with Gasteiger partial charge < -0.3 is 9.47 Å². The molecule has 1 saturated carbocycles. The molecule has 2 fully saturated rings. The Morgan fingerprint density at radius 2 is 2.05 bits per heavy atom. The first-order valence-corrected chi connectivity index (χ1v) is 8.20. The molecule has 118 valence electrons. The summed E-state index contributed by atoms with van der Waals surface area (Å²) < 4.78 is 38.0. The second kappa shape index (κ2) is 5.76. The fraction of sp³-hybridized carbons (Fsp3) is 0.692. The van der Waals surface area contributed by atoms with Crippen LogP contribution >= 0.6 is 0 Å². The summed E-state index contributed by atoms with van der Waals surface area (Å²) in [6.45, 7) is 6.19. The quantitative estimate of drug-likeness (QED) is 0.420. The number of hydrogen-bond acceptors (Lipinski definition) is 7. The number of ether oxygens (including phenoxy) is 2. The summed E-state index contributed by atoms with van der Waals surface area (Å²) >= 11 is 0. The number of carbonyl (C=O) groups is 2. The maximum Gasteiger partial charge on any atom is 0.344 e. The summed E-state index contributed by atoms with van der Waals surface area (Å²) in [4.78, 5) is 22.9. The third kappa shape index (κ3) is 3.62. The molecule has 2 bridgehead atoms. The molecule has 21 heavy (non-hydrogen) atoms. The van der Waals surface area contributed by atoms with E-state index in [-0.39, 0.29) is 23.2 Å². The highest BCUT2D eigenvalue weighted by Gasteiger charge is 2.52. The minimum Gasteiger partial charge on any atom is -0.457 e. The third-order valence-electron chi connectivity index (χ3n) is 3.64. The summed E-state index contributed by atoms with van der Waals surface area (Å²) in [6.07, 6.45) is -0.651. The Balaban J connectivity index is 1.93. The number of rotatable bonds is 4. The topological polar surface area (TPSA) is 96.0 Å². The lowest BCUT2D eigenvalue weighted by Crippen LogP contribution is -2.44. The van der Waals surface area contributed by atoms with Crippen molar-refractivity contribution in [1.29, 1.82) is 0 Å². The van der Waals surface area contributed by atoms with Crippen molar-refractivity contribution >= 4 is 22.1 Å². The largest absolute Gasteiger partial charge is 0.457 e. The van der Waals surface area contributed by atoms with Gasteiger partial charge in [-0.1, -0.05) is 13.5 Å². The van der Waals surface area contributed by atoms with Crippen molar-refractivity contribution in [2.45, 2.75) is 32.5 Å². The van der Waals surface area contributed by atoms with Gasteiger partial charge in [0.2, 0.25) is 0 Å². The fourth-order valence-electron chi connectivity index (χ4n) is 2.72. The van der Waals surface area contributed by atoms with Crippen molar-refractivity contribution < 1.29 is 31.7 Å². The molecule has 0 aromatic heterocycles. The van der Waals surface area contributed by atoms with Gasteiger partial charge in [-0.15, -0.1) is 0 Å². The molecule has 0 N–H and O–H groups in total. The first-order chi connectivity index (χ1) is 9.69. The van der Waals surface area contributed by atoms with Gasteiger partial charge in [0, 0.05) is 11.5 Å². The molecule has 0 aromatic carbocycles. The van der Waals surface area contributed by atoms with Gasteiger partial charge in [-0.25, -0.2) is 9.59 Å². The lowest BCUT2D eigenvalue weighted by atomic mass is 10.1. The number of esters is 2. The molecule has 0 aromatic rings. The number of carbonyl (C=O) groups excluding carboxylic acids is 2. The zero-order valence-electron chi connectivity index (χ0n) is 11.9. The third-order valence-corrected chi connectivity index (χ3v) is 4.99. The van der Waals surface area contributed by atoms with E-state index in [0.29, 0.717) is 6.42 Å². The number of hydrogen-bond donors (Lipinski definition) is 0. The molecule has 0 radical (unpaired) electrons. The maximum atomic E-state index is 11.7. The Hall–Kier alpha value is -1.41.